The Morgan fingerprint density at radius 1 is 1.64 bits per heavy atom. The van der Waals surface area contributed by atoms with Crippen LogP contribution in [0.25, 0.3) is 0 Å². The van der Waals surface area contributed by atoms with E-state index in [1.54, 1.807) is 0 Å². The number of aromatic nitrogens is 4. The third-order valence-electron chi connectivity index (χ3n) is 0.362. The third kappa shape index (κ3) is 34.5. The normalized spacial score (nSPS) is 7.14. The molecule has 1 rings (SSSR count). The lowest BCUT2D eigenvalue weighted by molar-refractivity contribution is -0.742. The smallest absolute Gasteiger partial charge is 0.291 e. The summed E-state index contributed by atoms with van der Waals surface area (Å²) in [5.41, 5.74) is 13.9. The molecule has 0 aromatic carbocycles. The van der Waals surface area contributed by atoms with Crippen LogP contribution < -0.4 is 17.2 Å². The molecule has 1 heterocycles. The van der Waals surface area contributed by atoms with Gasteiger partial charge in [0.05, 0.1) is 0 Å². The van der Waals surface area contributed by atoms with Gasteiger partial charge in [0.2, 0.25) is 0 Å². The lowest BCUT2D eigenvalue weighted by Gasteiger charge is -1.69. The monoisotopic (exact) mass is 207 g/mol. The Labute approximate surface area is 76.7 Å². The van der Waals surface area contributed by atoms with Crippen LogP contribution in [0.15, 0.2) is 0 Å². The van der Waals surface area contributed by atoms with Gasteiger partial charge in [-0.05, 0) is 5.21 Å². The molecule has 0 radical (unpaired) electrons. The van der Waals surface area contributed by atoms with E-state index in [2.05, 4.69) is 32.1 Å². The van der Waals surface area contributed by atoms with Crippen LogP contribution in [-0.4, -0.2) is 36.9 Å². The fourth-order valence-electron chi connectivity index (χ4n) is 0.170. The summed E-state index contributed by atoms with van der Waals surface area (Å²) in [6.07, 6.45) is 0. The lowest BCUT2D eigenvalue weighted by atomic mass is 11.1. The van der Waals surface area contributed by atoms with Crippen LogP contribution in [0.4, 0.5) is 5.95 Å². The van der Waals surface area contributed by atoms with E-state index < -0.39 is 5.09 Å². The Morgan fingerprint density at radius 3 is 2.07 bits per heavy atom. The number of nitrogens with zero attached hydrogens (tertiary/aromatic N) is 4. The Hall–Kier alpha value is -2.66. The van der Waals surface area contributed by atoms with Crippen molar-refractivity contribution in [2.45, 2.75) is 0 Å². The summed E-state index contributed by atoms with van der Waals surface area (Å²) in [5.74, 6) is -0.157. The van der Waals surface area contributed by atoms with Crippen molar-refractivity contribution in [3.8, 4) is 0 Å². The van der Waals surface area contributed by atoms with Crippen LogP contribution in [0.2, 0.25) is 0 Å². The summed E-state index contributed by atoms with van der Waals surface area (Å²) in [6, 6.07) is 0. The number of hydrogen-bond acceptors (Lipinski definition) is 7. The molecule has 0 atom stereocenters. The molecule has 0 bridgehead atoms. The number of rotatable bonds is 0. The molecule has 0 amide bonds. The maximum absolute atomic E-state index is 8.36. The second-order valence-electron chi connectivity index (χ2n) is 1.46. The number of guanidine groups is 1. The molecule has 14 heavy (non-hydrogen) atoms. The predicted octanol–water partition coefficient (Wildman–Crippen LogP) is -2.73. The number of nitrogens with two attached hydrogens (primary N) is 3. The van der Waals surface area contributed by atoms with Crippen molar-refractivity contribution < 1.29 is 10.3 Å². The first-order chi connectivity index (χ1) is 6.36. The van der Waals surface area contributed by atoms with Gasteiger partial charge in [-0.15, -0.1) is 15.2 Å². The van der Waals surface area contributed by atoms with Gasteiger partial charge in [-0.25, -0.2) is 0 Å². The molecule has 0 aliphatic rings. The highest BCUT2D eigenvalue weighted by molar-refractivity contribution is 5.71. The second-order valence-corrected chi connectivity index (χ2v) is 1.46. The van der Waals surface area contributed by atoms with Crippen LogP contribution in [0.3, 0.4) is 0 Å². The van der Waals surface area contributed by atoms with Crippen LogP contribution in [-0.2, 0) is 0 Å². The van der Waals surface area contributed by atoms with Crippen LogP contribution >= 0.6 is 0 Å². The summed E-state index contributed by atoms with van der Waals surface area (Å²) in [6.45, 7) is 0. The predicted molar refractivity (Wildman–Crippen MR) is 43.5 cm³/mol. The van der Waals surface area contributed by atoms with E-state index in [0.717, 1.165) is 0 Å². The van der Waals surface area contributed by atoms with Gasteiger partial charge in [-0.3, -0.25) is 5.41 Å². The van der Waals surface area contributed by atoms with Gasteiger partial charge in [-0.1, -0.05) is 5.10 Å². The summed E-state index contributed by atoms with van der Waals surface area (Å²) in [7, 11) is 0. The van der Waals surface area contributed by atoms with Crippen molar-refractivity contribution in [3.63, 3.8) is 0 Å². The zero-order valence-electron chi connectivity index (χ0n) is 6.78. The minimum absolute atomic E-state index is 0.176. The number of hydrogen-bond donors (Lipinski definition) is 6. The average Bonchev–Trinajstić information content (AvgIpc) is 2.36. The van der Waals surface area contributed by atoms with Gasteiger partial charge in [0, 0.05) is 0 Å². The van der Waals surface area contributed by atoms with E-state index in [0.29, 0.717) is 0 Å². The molecule has 0 saturated heterocycles. The molecular formula is C2H9N9O3. The van der Waals surface area contributed by atoms with Gasteiger partial charge in [0.25, 0.3) is 11.0 Å². The Kier molecular flexibility index (Phi) is 8.38. The van der Waals surface area contributed by atoms with Crippen molar-refractivity contribution in [1.82, 2.24) is 20.6 Å². The molecule has 0 saturated carbocycles. The van der Waals surface area contributed by atoms with E-state index in [-0.39, 0.29) is 11.9 Å². The largest absolute Gasteiger partial charge is 0.370 e. The van der Waals surface area contributed by atoms with Crippen LogP contribution in [0.5, 0.6) is 0 Å². The number of anilines is 1. The second kappa shape index (κ2) is 8.44. The maximum Gasteiger partial charge on any atom is 0.291 e. The molecule has 0 spiro atoms. The highest BCUT2D eigenvalue weighted by atomic mass is 16.9. The topological polar surface area (TPSA) is 220 Å². The minimum atomic E-state index is -1.50. The van der Waals surface area contributed by atoms with Gasteiger partial charge < -0.3 is 22.4 Å². The molecule has 0 aliphatic heterocycles. The van der Waals surface area contributed by atoms with Crippen molar-refractivity contribution in [2.24, 2.45) is 11.5 Å². The van der Waals surface area contributed by atoms with Crippen LogP contribution in [0, 0.1) is 15.5 Å². The van der Waals surface area contributed by atoms with E-state index in [9.17, 15) is 0 Å². The van der Waals surface area contributed by atoms with Gasteiger partial charge >= 0.3 is 0 Å². The standard InChI is InChI=1S/CH3N5.CH5N3.HNO3/c2-1-3-5-6-4-1;2*2-1(3)4/h(H3,2,3,4,5,6);(H5,2,3,4);(H,2,3,4). The zero-order valence-corrected chi connectivity index (χ0v) is 6.78. The first kappa shape index (κ1) is 13.9. The molecule has 12 nitrogen and oxygen atoms in total. The molecule has 0 fully saturated rings. The summed E-state index contributed by atoms with van der Waals surface area (Å²) in [4.78, 5) is 8.36. The summed E-state index contributed by atoms with van der Waals surface area (Å²) >= 11 is 0. The molecule has 0 unspecified atom stereocenters. The Morgan fingerprint density at radius 2 is 2.00 bits per heavy atom. The number of aromatic amines is 1. The number of tetrazole rings is 1. The van der Waals surface area contributed by atoms with Crippen LogP contribution in [0.1, 0.15) is 0 Å². The van der Waals surface area contributed by atoms with Crippen molar-refractivity contribution in [3.05, 3.63) is 10.1 Å². The van der Waals surface area contributed by atoms with E-state index in [1.807, 2.05) is 0 Å². The molecule has 80 valence electrons. The van der Waals surface area contributed by atoms with E-state index >= 15 is 0 Å². The highest BCUT2D eigenvalue weighted by Gasteiger charge is 1.78. The SMILES string of the molecule is N=C(N)N.Nc1nn[nH]n1.O=[N+]([O-])O. The number of nitrogen functional groups attached to an aromatic ring is 1. The summed E-state index contributed by atoms with van der Waals surface area (Å²) < 4.78 is 0. The molecule has 12 heteroatoms. The van der Waals surface area contributed by atoms with Crippen molar-refractivity contribution >= 4 is 11.9 Å². The maximum atomic E-state index is 8.36. The molecular weight excluding hydrogens is 198 g/mol. The average molecular weight is 207 g/mol. The number of H-pyrrole nitrogens is 1. The number of nitrogens with one attached hydrogen (secondary N) is 2. The Bertz CT molecular complexity index is 235. The van der Waals surface area contributed by atoms with E-state index in [1.165, 1.54) is 0 Å². The highest BCUT2D eigenvalue weighted by Crippen LogP contribution is 1.72. The fourth-order valence-corrected chi connectivity index (χ4v) is 0.170. The molecule has 1 aromatic rings. The molecule has 0 aliphatic carbocycles. The minimum Gasteiger partial charge on any atom is -0.370 e. The van der Waals surface area contributed by atoms with Gasteiger partial charge in [0.1, 0.15) is 0 Å². The summed E-state index contributed by atoms with van der Waals surface area (Å²) in [5, 5.41) is 31.7. The van der Waals surface area contributed by atoms with Crippen molar-refractivity contribution in [1.29, 1.82) is 5.41 Å². The van der Waals surface area contributed by atoms with E-state index in [4.69, 9.17) is 26.5 Å². The zero-order chi connectivity index (χ0) is 11.6. The fraction of sp³-hybridized carbons (Fsp3) is 0. The Balaban J connectivity index is 0. The van der Waals surface area contributed by atoms with Gasteiger partial charge in [0.15, 0.2) is 5.96 Å². The molecule has 1 aromatic heterocycles. The quantitative estimate of drug-likeness (QED) is 0.112. The third-order valence-corrected chi connectivity index (χ3v) is 0.362. The first-order valence-electron chi connectivity index (χ1n) is 2.78. The lowest BCUT2D eigenvalue weighted by Crippen LogP contribution is -2.20. The molecule has 9 N–H and O–H groups in total. The van der Waals surface area contributed by atoms with Crippen molar-refractivity contribution in [2.75, 3.05) is 5.73 Å². The first-order valence-corrected chi connectivity index (χ1v) is 2.78. The van der Waals surface area contributed by atoms with Gasteiger partial charge in [-0.2, -0.15) is 5.21 Å².